The number of rotatable bonds is 0. The maximum atomic E-state index is 2.51. The van der Waals surface area contributed by atoms with Gasteiger partial charge in [0.25, 0.3) is 0 Å². The Bertz CT molecular complexity index is 1420. The van der Waals surface area contributed by atoms with E-state index >= 15 is 0 Å². The van der Waals surface area contributed by atoms with Gasteiger partial charge in [0.2, 0.25) is 5.69 Å². The highest BCUT2D eigenvalue weighted by molar-refractivity contribution is 5.89. The highest BCUT2D eigenvalue weighted by Crippen LogP contribution is 2.47. The van der Waals surface area contributed by atoms with Gasteiger partial charge in [-0.2, -0.15) is 0 Å². The third-order valence-electron chi connectivity index (χ3n) is 8.64. The van der Waals surface area contributed by atoms with Crippen LogP contribution >= 0.6 is 0 Å². The van der Waals surface area contributed by atoms with E-state index in [0.29, 0.717) is 11.8 Å². The summed E-state index contributed by atoms with van der Waals surface area (Å²) in [6.07, 6.45) is 8.46. The summed E-state index contributed by atoms with van der Waals surface area (Å²) in [5.41, 5.74) is 15.9. The first-order valence-corrected chi connectivity index (χ1v) is 12.5. The smallest absolute Gasteiger partial charge is 0.201 e. The van der Waals surface area contributed by atoms with Crippen molar-refractivity contribution in [1.82, 2.24) is 0 Å². The molecule has 1 aromatic heterocycles. The standard InChI is InChI=1S/C32H30N/c1-20-9-14-28-27-8-4-7-26-25-6-3-5-23(17-25)21-10-12-22(13-11-21)24-15-16-33(2)31(18-24)32(20)30(28)19-29(26)27/h3-9,14-18,21-22H,10-13,19H2,1-2H3/q+1. The van der Waals surface area contributed by atoms with E-state index in [0.717, 1.165) is 6.42 Å². The second-order valence-electron chi connectivity index (χ2n) is 10.4. The Morgan fingerprint density at radius 1 is 0.697 bits per heavy atom. The molecule has 1 fully saturated rings. The first kappa shape index (κ1) is 19.3. The van der Waals surface area contributed by atoms with Crippen LogP contribution in [0.1, 0.15) is 65.3 Å². The van der Waals surface area contributed by atoms with Crippen LogP contribution in [0.2, 0.25) is 0 Å². The van der Waals surface area contributed by atoms with E-state index in [9.17, 15) is 0 Å². The summed E-state index contributed by atoms with van der Waals surface area (Å²) in [4.78, 5) is 0. The predicted molar refractivity (Wildman–Crippen MR) is 135 cm³/mol. The van der Waals surface area contributed by atoms with Crippen molar-refractivity contribution in [1.29, 1.82) is 0 Å². The normalized spacial score (nSPS) is 19.8. The quantitative estimate of drug-likeness (QED) is 0.225. The number of aryl methyl sites for hydroxylation is 2. The summed E-state index contributed by atoms with van der Waals surface area (Å²) in [6, 6.07) is 26.0. The Kier molecular flexibility index (Phi) is 4.18. The Balaban J connectivity index is 1.54. The number of aromatic nitrogens is 1. The van der Waals surface area contributed by atoms with Gasteiger partial charge in [0.1, 0.15) is 7.05 Å². The summed E-state index contributed by atoms with van der Waals surface area (Å²) in [7, 11) is 2.21. The van der Waals surface area contributed by atoms with Crippen molar-refractivity contribution in [2.24, 2.45) is 7.05 Å². The van der Waals surface area contributed by atoms with Crippen molar-refractivity contribution in [3.8, 4) is 33.5 Å². The van der Waals surface area contributed by atoms with Crippen LogP contribution in [0, 0.1) is 6.92 Å². The van der Waals surface area contributed by atoms with Crippen LogP contribution in [-0.2, 0) is 13.5 Å². The molecule has 0 atom stereocenters. The largest absolute Gasteiger partial charge is 0.213 e. The number of nitrogens with zero attached hydrogens (tertiary/aromatic N) is 1. The molecule has 162 valence electrons. The van der Waals surface area contributed by atoms with E-state index in [1.54, 1.807) is 0 Å². The molecule has 8 rings (SSSR count). The number of hydrogen-bond acceptors (Lipinski definition) is 0. The van der Waals surface area contributed by atoms with E-state index in [1.807, 2.05) is 0 Å². The van der Waals surface area contributed by atoms with E-state index in [1.165, 1.54) is 87.0 Å². The van der Waals surface area contributed by atoms with Crippen LogP contribution < -0.4 is 4.57 Å². The summed E-state index contributed by atoms with van der Waals surface area (Å²) < 4.78 is 2.34. The van der Waals surface area contributed by atoms with Gasteiger partial charge in [-0.15, -0.1) is 0 Å². The molecule has 0 radical (unpaired) electrons. The van der Waals surface area contributed by atoms with Gasteiger partial charge in [-0.05, 0) is 94.5 Å². The third-order valence-corrected chi connectivity index (χ3v) is 8.64. The Hall–Kier alpha value is -3.19. The average molecular weight is 429 g/mol. The number of fused-ring (bicyclic) bond motifs is 3. The van der Waals surface area contributed by atoms with Gasteiger partial charge < -0.3 is 0 Å². The molecule has 0 amide bonds. The molecule has 0 N–H and O–H groups in total. The number of pyridine rings is 1. The average Bonchev–Trinajstić information content (AvgIpc) is 3.23. The van der Waals surface area contributed by atoms with E-state index in [2.05, 4.69) is 91.5 Å². The van der Waals surface area contributed by atoms with Gasteiger partial charge >= 0.3 is 0 Å². The molecule has 0 aliphatic heterocycles. The molecule has 4 aromatic rings. The minimum absolute atomic E-state index is 0.674. The Labute approximate surface area is 196 Å². The zero-order valence-electron chi connectivity index (χ0n) is 19.6. The molecular weight excluding hydrogens is 398 g/mol. The van der Waals surface area contributed by atoms with Crippen LogP contribution in [0.25, 0.3) is 33.5 Å². The van der Waals surface area contributed by atoms with Crippen molar-refractivity contribution in [2.75, 3.05) is 0 Å². The Morgan fingerprint density at radius 3 is 2.21 bits per heavy atom. The first-order valence-electron chi connectivity index (χ1n) is 12.5. The van der Waals surface area contributed by atoms with Crippen molar-refractivity contribution in [2.45, 2.75) is 50.9 Å². The molecule has 4 aliphatic carbocycles. The fourth-order valence-electron chi connectivity index (χ4n) is 6.84. The molecule has 0 spiro atoms. The molecule has 1 nitrogen and oxygen atoms in total. The van der Waals surface area contributed by atoms with Crippen molar-refractivity contribution < 1.29 is 4.57 Å². The highest BCUT2D eigenvalue weighted by Gasteiger charge is 2.30. The maximum Gasteiger partial charge on any atom is 0.213 e. The molecule has 0 unspecified atom stereocenters. The van der Waals surface area contributed by atoms with E-state index in [4.69, 9.17) is 0 Å². The van der Waals surface area contributed by atoms with Gasteiger partial charge in [0.05, 0.1) is 5.56 Å². The van der Waals surface area contributed by atoms with Crippen LogP contribution in [0.4, 0.5) is 0 Å². The van der Waals surface area contributed by atoms with Crippen LogP contribution in [0.5, 0.6) is 0 Å². The molecule has 1 heterocycles. The van der Waals surface area contributed by atoms with Crippen molar-refractivity contribution in [3.63, 3.8) is 0 Å². The lowest BCUT2D eigenvalue weighted by Gasteiger charge is -2.29. The van der Waals surface area contributed by atoms with Gasteiger partial charge in [-0.25, -0.2) is 4.57 Å². The molecule has 1 saturated carbocycles. The lowest BCUT2D eigenvalue weighted by molar-refractivity contribution is -0.660. The zero-order valence-corrected chi connectivity index (χ0v) is 19.6. The van der Waals surface area contributed by atoms with Crippen LogP contribution in [0.3, 0.4) is 0 Å². The van der Waals surface area contributed by atoms with Gasteiger partial charge in [0, 0.05) is 18.6 Å². The molecule has 33 heavy (non-hydrogen) atoms. The maximum absolute atomic E-state index is 2.51. The predicted octanol–water partition coefficient (Wildman–Crippen LogP) is 7.48. The van der Waals surface area contributed by atoms with E-state index in [-0.39, 0.29) is 0 Å². The monoisotopic (exact) mass is 428 g/mol. The fraction of sp³-hybridized carbons (Fsp3) is 0.281. The molecule has 0 saturated heterocycles. The lowest BCUT2D eigenvalue weighted by atomic mass is 9.75. The van der Waals surface area contributed by atoms with Gasteiger partial charge in [-0.3, -0.25) is 0 Å². The second-order valence-corrected chi connectivity index (χ2v) is 10.4. The van der Waals surface area contributed by atoms with Gasteiger partial charge in [0.15, 0.2) is 6.20 Å². The van der Waals surface area contributed by atoms with Crippen molar-refractivity contribution in [3.05, 3.63) is 101 Å². The Morgan fingerprint density at radius 2 is 1.39 bits per heavy atom. The molecule has 1 heteroatoms. The first-order chi connectivity index (χ1) is 16.2. The molecule has 3 aromatic carbocycles. The van der Waals surface area contributed by atoms with Crippen molar-refractivity contribution >= 4 is 0 Å². The second kappa shape index (κ2) is 7.15. The highest BCUT2D eigenvalue weighted by atomic mass is 14.9. The van der Waals surface area contributed by atoms with Crippen LogP contribution in [0.15, 0.2) is 72.9 Å². The SMILES string of the molecule is Cc1ccc2c3c1-c1cc(cc[n+]1C)C1CCC(CC1)c1cccc(c1)-c1cccc-2c1C3. The zero-order chi connectivity index (χ0) is 22.1. The minimum atomic E-state index is 0.674. The minimum Gasteiger partial charge on any atom is -0.201 e. The molecular formula is C32H30N+. The van der Waals surface area contributed by atoms with E-state index < -0.39 is 0 Å². The van der Waals surface area contributed by atoms with Crippen LogP contribution in [-0.4, -0.2) is 0 Å². The number of benzene rings is 3. The summed E-state index contributed by atoms with van der Waals surface area (Å²) in [6.45, 7) is 2.29. The summed E-state index contributed by atoms with van der Waals surface area (Å²) in [5, 5.41) is 0. The molecule has 8 bridgehead atoms. The lowest BCUT2D eigenvalue weighted by Crippen LogP contribution is -2.31. The molecule has 4 aliphatic rings. The fourth-order valence-corrected chi connectivity index (χ4v) is 6.84. The van der Waals surface area contributed by atoms with Gasteiger partial charge in [-0.1, -0.05) is 54.6 Å². The number of hydrogen-bond donors (Lipinski definition) is 0. The summed E-state index contributed by atoms with van der Waals surface area (Å²) >= 11 is 0. The third kappa shape index (κ3) is 2.88. The summed E-state index contributed by atoms with van der Waals surface area (Å²) in [5.74, 6) is 1.36. The topological polar surface area (TPSA) is 3.88 Å².